The largest absolute Gasteiger partial charge is 0.468 e. The fraction of sp³-hybridized carbons (Fsp3) is 0.360. The van der Waals surface area contributed by atoms with Gasteiger partial charge in [-0.15, -0.1) is 0 Å². The summed E-state index contributed by atoms with van der Waals surface area (Å²) in [6.45, 7) is 3.36. The number of nitrogens with one attached hydrogen (secondary N) is 3. The zero-order valence-electron chi connectivity index (χ0n) is 19.4. The van der Waals surface area contributed by atoms with E-state index in [1.165, 1.54) is 7.11 Å². The molecule has 0 saturated carbocycles. The van der Waals surface area contributed by atoms with Crippen molar-refractivity contribution in [1.82, 2.24) is 16.0 Å². The Morgan fingerprint density at radius 2 is 1.56 bits per heavy atom. The number of amides is 4. The van der Waals surface area contributed by atoms with E-state index in [1.54, 1.807) is 6.92 Å². The molecule has 1 aliphatic rings. The van der Waals surface area contributed by atoms with Gasteiger partial charge in [0.2, 0.25) is 0 Å². The number of methoxy groups -OCH3 is 1. The summed E-state index contributed by atoms with van der Waals surface area (Å²) in [6, 6.07) is 14.1. The van der Waals surface area contributed by atoms with Crippen molar-refractivity contribution in [3.05, 3.63) is 59.7 Å². The van der Waals surface area contributed by atoms with E-state index >= 15 is 0 Å². The minimum Gasteiger partial charge on any atom is -0.468 e. The van der Waals surface area contributed by atoms with Gasteiger partial charge >= 0.3 is 18.1 Å². The summed E-state index contributed by atoms with van der Waals surface area (Å²) in [6.07, 6.45) is -0.178. The number of esters is 1. The van der Waals surface area contributed by atoms with Crippen molar-refractivity contribution >= 4 is 24.0 Å². The summed E-state index contributed by atoms with van der Waals surface area (Å²) in [5, 5.41) is 6.93. The average molecular weight is 468 g/mol. The van der Waals surface area contributed by atoms with Crippen LogP contribution in [-0.4, -0.2) is 50.3 Å². The molecule has 2 aromatic carbocycles. The molecular formula is C25H29N3O6. The lowest BCUT2D eigenvalue weighted by molar-refractivity contribution is -0.139. The fourth-order valence-corrected chi connectivity index (χ4v) is 3.93. The molecular weight excluding hydrogens is 438 g/mol. The third-order valence-corrected chi connectivity index (χ3v) is 5.97. The Morgan fingerprint density at radius 3 is 2.12 bits per heavy atom. The smallest absolute Gasteiger partial charge is 0.407 e. The highest BCUT2D eigenvalue weighted by Crippen LogP contribution is 2.44. The first-order valence-electron chi connectivity index (χ1n) is 11.1. The summed E-state index contributed by atoms with van der Waals surface area (Å²) >= 11 is 0. The maximum absolute atomic E-state index is 12.6. The second-order valence-corrected chi connectivity index (χ2v) is 8.08. The molecule has 9 heteroatoms. The molecule has 0 aromatic heterocycles. The minimum absolute atomic E-state index is 0.105. The van der Waals surface area contributed by atoms with Gasteiger partial charge in [0, 0.05) is 5.92 Å². The van der Waals surface area contributed by atoms with Crippen molar-refractivity contribution in [1.29, 1.82) is 0 Å². The molecule has 0 heterocycles. The first kappa shape index (κ1) is 24.8. The van der Waals surface area contributed by atoms with E-state index in [0.29, 0.717) is 6.42 Å². The van der Waals surface area contributed by atoms with Gasteiger partial charge in [-0.05, 0) is 28.2 Å². The zero-order valence-corrected chi connectivity index (χ0v) is 19.4. The maximum atomic E-state index is 12.6. The second-order valence-electron chi connectivity index (χ2n) is 8.08. The summed E-state index contributed by atoms with van der Waals surface area (Å²) in [4.78, 5) is 48.3. The van der Waals surface area contributed by atoms with Gasteiger partial charge < -0.3 is 20.1 Å². The predicted molar refractivity (Wildman–Crippen MR) is 125 cm³/mol. The molecule has 1 aliphatic carbocycles. The summed E-state index contributed by atoms with van der Waals surface area (Å²) in [7, 11) is 1.18. The Kier molecular flexibility index (Phi) is 8.24. The van der Waals surface area contributed by atoms with E-state index < -0.39 is 30.0 Å². The average Bonchev–Trinajstić information content (AvgIpc) is 3.17. The number of alkyl carbamates (subject to hydrolysis) is 1. The molecule has 3 rings (SSSR count). The van der Waals surface area contributed by atoms with Crippen molar-refractivity contribution < 1.29 is 28.7 Å². The number of hydrogen-bond donors (Lipinski definition) is 3. The summed E-state index contributed by atoms with van der Waals surface area (Å²) in [5.74, 6) is -1.74. The van der Waals surface area contributed by atoms with Crippen LogP contribution in [0, 0.1) is 5.92 Å². The molecule has 0 radical (unpaired) electrons. The van der Waals surface area contributed by atoms with E-state index in [-0.39, 0.29) is 25.0 Å². The monoisotopic (exact) mass is 467 g/mol. The van der Waals surface area contributed by atoms with Crippen LogP contribution in [0.2, 0.25) is 0 Å². The zero-order chi connectivity index (χ0) is 24.7. The molecule has 180 valence electrons. The van der Waals surface area contributed by atoms with Gasteiger partial charge in [-0.25, -0.2) is 9.59 Å². The van der Waals surface area contributed by atoms with Crippen LogP contribution in [0.1, 0.15) is 37.3 Å². The van der Waals surface area contributed by atoms with E-state index in [1.807, 2.05) is 55.5 Å². The molecule has 2 atom stereocenters. The quantitative estimate of drug-likeness (QED) is 0.513. The molecule has 2 aromatic rings. The van der Waals surface area contributed by atoms with Gasteiger partial charge in [-0.1, -0.05) is 68.8 Å². The number of ether oxygens (including phenoxy) is 2. The van der Waals surface area contributed by atoms with Crippen LogP contribution in [0.3, 0.4) is 0 Å². The van der Waals surface area contributed by atoms with Crippen LogP contribution in [0.15, 0.2) is 48.5 Å². The number of rotatable bonds is 8. The highest BCUT2D eigenvalue weighted by atomic mass is 16.5. The first-order chi connectivity index (χ1) is 16.3. The normalized spacial score (nSPS) is 13.6. The van der Waals surface area contributed by atoms with Crippen LogP contribution in [0.5, 0.6) is 0 Å². The summed E-state index contributed by atoms with van der Waals surface area (Å²) < 4.78 is 9.96. The van der Waals surface area contributed by atoms with E-state index in [2.05, 4.69) is 20.7 Å². The molecule has 0 fully saturated rings. The number of imide groups is 1. The maximum Gasteiger partial charge on any atom is 0.407 e. The van der Waals surface area contributed by atoms with Gasteiger partial charge in [-0.2, -0.15) is 0 Å². The molecule has 9 nitrogen and oxygen atoms in total. The third-order valence-electron chi connectivity index (χ3n) is 5.97. The Labute approximate surface area is 198 Å². The number of carbonyl (C=O) groups is 4. The minimum atomic E-state index is -0.996. The Morgan fingerprint density at radius 1 is 0.971 bits per heavy atom. The van der Waals surface area contributed by atoms with Crippen LogP contribution in [-0.2, 0) is 19.1 Å². The molecule has 4 amide bonds. The lowest BCUT2D eigenvalue weighted by Crippen LogP contribution is -2.54. The van der Waals surface area contributed by atoms with Crippen molar-refractivity contribution in [3.63, 3.8) is 0 Å². The van der Waals surface area contributed by atoms with Crippen molar-refractivity contribution in [2.45, 2.75) is 32.2 Å². The number of fused-ring (bicyclic) bond motifs is 3. The molecule has 0 unspecified atom stereocenters. The van der Waals surface area contributed by atoms with Gasteiger partial charge in [0.15, 0.2) is 0 Å². The van der Waals surface area contributed by atoms with Crippen LogP contribution in [0.25, 0.3) is 11.1 Å². The molecule has 34 heavy (non-hydrogen) atoms. The highest BCUT2D eigenvalue weighted by molar-refractivity contribution is 5.99. The SMILES string of the molecule is CC[C@H](C)[C@H](NC(=O)OCC1c2ccccc2-c2ccccc21)C(=O)NC(=O)NCC(=O)OC. The lowest BCUT2D eigenvalue weighted by atomic mass is 9.98. The molecule has 0 aliphatic heterocycles. The molecule has 0 saturated heterocycles. The first-order valence-corrected chi connectivity index (χ1v) is 11.1. The van der Waals surface area contributed by atoms with Gasteiger partial charge in [0.1, 0.15) is 19.2 Å². The van der Waals surface area contributed by atoms with Crippen LogP contribution >= 0.6 is 0 Å². The van der Waals surface area contributed by atoms with Crippen molar-refractivity contribution in [2.24, 2.45) is 5.92 Å². The molecule has 0 bridgehead atoms. The van der Waals surface area contributed by atoms with Gasteiger partial charge in [0.25, 0.3) is 5.91 Å². The van der Waals surface area contributed by atoms with Gasteiger partial charge in [-0.3, -0.25) is 14.9 Å². The van der Waals surface area contributed by atoms with Crippen LogP contribution < -0.4 is 16.0 Å². The predicted octanol–water partition coefficient (Wildman–Crippen LogP) is 2.94. The van der Waals surface area contributed by atoms with Crippen molar-refractivity contribution in [3.8, 4) is 11.1 Å². The highest BCUT2D eigenvalue weighted by Gasteiger charge is 2.31. The van der Waals surface area contributed by atoms with E-state index in [4.69, 9.17) is 4.74 Å². The third kappa shape index (κ3) is 5.72. The van der Waals surface area contributed by atoms with E-state index in [9.17, 15) is 19.2 Å². The Bertz CT molecular complexity index is 1020. The van der Waals surface area contributed by atoms with Gasteiger partial charge in [0.05, 0.1) is 7.11 Å². The topological polar surface area (TPSA) is 123 Å². The standard InChI is InChI=1S/C25H29N3O6/c1-4-15(2)22(23(30)28-24(31)26-13-21(29)33-3)27-25(32)34-14-20-18-11-7-5-9-16(18)17-10-6-8-12-19(17)20/h5-12,15,20,22H,4,13-14H2,1-3H3,(H,27,32)(H2,26,28,30,31)/t15-,22-/m0/s1. The number of carbonyl (C=O) groups excluding carboxylic acids is 4. The fourth-order valence-electron chi connectivity index (χ4n) is 3.93. The number of urea groups is 1. The molecule has 0 spiro atoms. The van der Waals surface area contributed by atoms with E-state index in [0.717, 1.165) is 22.3 Å². The number of hydrogen-bond acceptors (Lipinski definition) is 6. The Hall–Kier alpha value is -3.88. The molecule has 3 N–H and O–H groups in total. The lowest BCUT2D eigenvalue weighted by Gasteiger charge is -2.23. The summed E-state index contributed by atoms with van der Waals surface area (Å²) in [5.41, 5.74) is 4.38. The second kappa shape index (κ2) is 11.3. The Balaban J connectivity index is 1.62. The van der Waals surface area contributed by atoms with Crippen molar-refractivity contribution in [2.75, 3.05) is 20.3 Å². The number of benzene rings is 2. The van der Waals surface area contributed by atoms with Crippen LogP contribution in [0.4, 0.5) is 9.59 Å².